The van der Waals surface area contributed by atoms with Crippen molar-refractivity contribution in [3.05, 3.63) is 12.2 Å². The maximum absolute atomic E-state index is 12.7. The average molecular weight is 316 g/mol. The van der Waals surface area contributed by atoms with E-state index in [0.717, 1.165) is 25.7 Å². The van der Waals surface area contributed by atoms with Crippen LogP contribution in [0.5, 0.6) is 0 Å². The molecule has 124 valence electrons. The van der Waals surface area contributed by atoms with Crippen LogP contribution in [0.4, 0.5) is 13.2 Å². The molecule has 0 aromatic carbocycles. The molecular formula is C17H23F3O2. The molecular weight excluding hydrogens is 293 g/mol. The van der Waals surface area contributed by atoms with E-state index >= 15 is 0 Å². The molecule has 0 aromatic rings. The molecule has 4 saturated carbocycles. The Balaban J connectivity index is 1.87. The number of esters is 1. The lowest BCUT2D eigenvalue weighted by molar-refractivity contribution is -0.225. The van der Waals surface area contributed by atoms with E-state index in [9.17, 15) is 18.0 Å². The molecule has 4 aliphatic rings. The van der Waals surface area contributed by atoms with Gasteiger partial charge in [0.25, 0.3) is 0 Å². The van der Waals surface area contributed by atoms with Gasteiger partial charge < -0.3 is 4.74 Å². The number of hydrogen-bond acceptors (Lipinski definition) is 2. The molecule has 0 saturated heterocycles. The van der Waals surface area contributed by atoms with Crippen molar-refractivity contribution in [2.75, 3.05) is 0 Å². The van der Waals surface area contributed by atoms with Crippen LogP contribution < -0.4 is 0 Å². The van der Waals surface area contributed by atoms with Gasteiger partial charge in [0.15, 0.2) is 0 Å². The standard InChI is InChI=1S/C17H23F3O2/c1-9(2)16(22-15(21)10(3)17(18,19)20)13-5-11-4-12(7-13)8-14(16)6-11/h9,11-14H,3-8H2,1-2H3. The van der Waals surface area contributed by atoms with Gasteiger partial charge in [-0.25, -0.2) is 4.79 Å². The minimum Gasteiger partial charge on any atom is -0.455 e. The summed E-state index contributed by atoms with van der Waals surface area (Å²) < 4.78 is 43.8. The van der Waals surface area contributed by atoms with Crippen molar-refractivity contribution in [2.45, 2.75) is 57.7 Å². The third kappa shape index (κ3) is 2.28. The first-order valence-corrected chi connectivity index (χ1v) is 8.14. The SMILES string of the molecule is C=C(C(=O)OC1(C(C)C)C2CC3CC(C2)CC1C3)C(F)(F)F. The van der Waals surface area contributed by atoms with Crippen molar-refractivity contribution in [1.82, 2.24) is 0 Å². The van der Waals surface area contributed by atoms with E-state index in [2.05, 4.69) is 6.58 Å². The topological polar surface area (TPSA) is 26.3 Å². The molecule has 22 heavy (non-hydrogen) atoms. The minimum atomic E-state index is -4.72. The molecule has 4 bridgehead atoms. The lowest BCUT2D eigenvalue weighted by atomic mass is 9.47. The highest BCUT2D eigenvalue weighted by Crippen LogP contribution is 2.62. The van der Waals surface area contributed by atoms with E-state index in [1.807, 2.05) is 13.8 Å². The van der Waals surface area contributed by atoms with Crippen molar-refractivity contribution in [3.63, 3.8) is 0 Å². The van der Waals surface area contributed by atoms with E-state index in [0.29, 0.717) is 11.8 Å². The number of carbonyl (C=O) groups excluding carboxylic acids is 1. The minimum absolute atomic E-state index is 0.0208. The summed E-state index contributed by atoms with van der Waals surface area (Å²) in [5.74, 6) is 0.474. The maximum Gasteiger partial charge on any atom is 0.422 e. The third-order valence-electron chi connectivity index (χ3n) is 6.17. The van der Waals surface area contributed by atoms with E-state index in [-0.39, 0.29) is 17.8 Å². The zero-order chi connectivity index (χ0) is 16.3. The Morgan fingerprint density at radius 2 is 1.55 bits per heavy atom. The Bertz CT molecular complexity index is 465. The van der Waals surface area contributed by atoms with Gasteiger partial charge in [0, 0.05) is 0 Å². The van der Waals surface area contributed by atoms with Gasteiger partial charge in [0.05, 0.1) is 0 Å². The molecule has 0 heterocycles. The lowest BCUT2D eigenvalue weighted by Crippen LogP contribution is -2.62. The summed E-state index contributed by atoms with van der Waals surface area (Å²) in [6.45, 7) is 6.83. The number of carbonyl (C=O) groups is 1. The van der Waals surface area contributed by atoms with E-state index in [1.54, 1.807) is 0 Å². The Morgan fingerprint density at radius 3 is 1.91 bits per heavy atom. The number of hydrogen-bond donors (Lipinski definition) is 0. The predicted octanol–water partition coefficient (Wildman–Crippen LogP) is 4.50. The fourth-order valence-corrected chi connectivity index (χ4v) is 5.49. The van der Waals surface area contributed by atoms with Crippen LogP contribution in [0.3, 0.4) is 0 Å². The van der Waals surface area contributed by atoms with Crippen LogP contribution >= 0.6 is 0 Å². The summed E-state index contributed by atoms with van der Waals surface area (Å²) >= 11 is 0. The molecule has 0 unspecified atom stereocenters. The third-order valence-corrected chi connectivity index (χ3v) is 6.17. The highest BCUT2D eigenvalue weighted by atomic mass is 19.4. The molecule has 4 rings (SSSR count). The van der Waals surface area contributed by atoms with Gasteiger partial charge in [-0.2, -0.15) is 13.2 Å². The summed E-state index contributed by atoms with van der Waals surface area (Å²) in [5, 5.41) is 0. The smallest absolute Gasteiger partial charge is 0.422 e. The zero-order valence-corrected chi connectivity index (χ0v) is 13.1. The first-order chi connectivity index (χ1) is 10.1. The summed E-state index contributed by atoms with van der Waals surface area (Å²) in [5.41, 5.74) is -2.13. The molecule has 5 heteroatoms. The Kier molecular flexibility index (Phi) is 3.61. The number of halogens is 3. The number of alkyl halides is 3. The number of rotatable bonds is 3. The second kappa shape index (κ2) is 5.00. The molecule has 4 fully saturated rings. The molecule has 0 N–H and O–H groups in total. The maximum atomic E-state index is 12.7. The van der Waals surface area contributed by atoms with E-state index < -0.39 is 23.3 Å². The van der Waals surface area contributed by atoms with Crippen LogP contribution in [-0.2, 0) is 9.53 Å². The van der Waals surface area contributed by atoms with Crippen molar-refractivity contribution in [1.29, 1.82) is 0 Å². The molecule has 4 aliphatic carbocycles. The molecule has 0 aliphatic heterocycles. The zero-order valence-electron chi connectivity index (χ0n) is 13.1. The van der Waals surface area contributed by atoms with Crippen LogP contribution in [0.2, 0.25) is 0 Å². The van der Waals surface area contributed by atoms with Crippen molar-refractivity contribution in [3.8, 4) is 0 Å². The molecule has 0 spiro atoms. The fourth-order valence-electron chi connectivity index (χ4n) is 5.49. The van der Waals surface area contributed by atoms with E-state index in [1.165, 1.54) is 6.42 Å². The normalized spacial score (nSPS) is 40.1. The largest absolute Gasteiger partial charge is 0.455 e. The summed E-state index contributed by atoms with van der Waals surface area (Å²) in [4.78, 5) is 12.0. The molecule has 0 radical (unpaired) electrons. The van der Waals surface area contributed by atoms with Crippen molar-refractivity contribution >= 4 is 5.97 Å². The number of ether oxygens (including phenoxy) is 1. The Morgan fingerprint density at radius 1 is 1.09 bits per heavy atom. The molecule has 0 aromatic heterocycles. The highest BCUT2D eigenvalue weighted by Gasteiger charge is 2.61. The Hall–Kier alpha value is -1.00. The second-order valence-electron chi connectivity index (χ2n) is 7.68. The van der Waals surface area contributed by atoms with Crippen LogP contribution in [0.1, 0.15) is 46.0 Å². The van der Waals surface area contributed by atoms with Crippen LogP contribution in [0, 0.1) is 29.6 Å². The fraction of sp³-hybridized carbons (Fsp3) is 0.824. The molecule has 0 atom stereocenters. The van der Waals surface area contributed by atoms with Gasteiger partial charge in [-0.15, -0.1) is 0 Å². The predicted molar refractivity (Wildman–Crippen MR) is 75.9 cm³/mol. The highest BCUT2D eigenvalue weighted by molar-refractivity contribution is 5.89. The summed E-state index contributed by atoms with van der Waals surface area (Å²) in [6.07, 6.45) is 0.452. The summed E-state index contributed by atoms with van der Waals surface area (Å²) in [7, 11) is 0. The van der Waals surface area contributed by atoms with Crippen molar-refractivity contribution in [2.24, 2.45) is 29.6 Å². The quantitative estimate of drug-likeness (QED) is 0.566. The van der Waals surface area contributed by atoms with Gasteiger partial charge in [-0.3, -0.25) is 0 Å². The van der Waals surface area contributed by atoms with Gasteiger partial charge in [-0.05, 0) is 61.7 Å². The second-order valence-corrected chi connectivity index (χ2v) is 7.68. The van der Waals surface area contributed by atoms with Crippen LogP contribution in [0.25, 0.3) is 0 Å². The van der Waals surface area contributed by atoms with Gasteiger partial charge >= 0.3 is 12.1 Å². The monoisotopic (exact) mass is 316 g/mol. The average Bonchev–Trinajstić information content (AvgIpc) is 2.39. The first kappa shape index (κ1) is 15.9. The van der Waals surface area contributed by atoms with Gasteiger partial charge in [0.1, 0.15) is 11.2 Å². The molecule has 2 nitrogen and oxygen atoms in total. The summed E-state index contributed by atoms with van der Waals surface area (Å²) in [6, 6.07) is 0. The lowest BCUT2D eigenvalue weighted by Gasteiger charge is -2.61. The van der Waals surface area contributed by atoms with Crippen LogP contribution in [0.15, 0.2) is 12.2 Å². The van der Waals surface area contributed by atoms with Gasteiger partial charge in [-0.1, -0.05) is 20.4 Å². The Labute approximate surface area is 129 Å². The van der Waals surface area contributed by atoms with Gasteiger partial charge in [0.2, 0.25) is 0 Å². The van der Waals surface area contributed by atoms with Crippen molar-refractivity contribution < 1.29 is 22.7 Å². The first-order valence-electron chi connectivity index (χ1n) is 8.14. The van der Waals surface area contributed by atoms with E-state index in [4.69, 9.17) is 4.74 Å². The molecule has 0 amide bonds. The van der Waals surface area contributed by atoms with Crippen LogP contribution in [-0.4, -0.2) is 17.7 Å².